The first-order valence-corrected chi connectivity index (χ1v) is 19.0. The normalized spacial score (nSPS) is 16.0. The Kier molecular flexibility index (Phi) is 14.0. The summed E-state index contributed by atoms with van der Waals surface area (Å²) in [6, 6.07) is 15.3. The van der Waals surface area contributed by atoms with Crippen LogP contribution in [0.15, 0.2) is 83.0 Å². The van der Waals surface area contributed by atoms with Crippen LogP contribution >= 0.6 is 0 Å². The molecule has 15 heteroatoms. The third-order valence-electron chi connectivity index (χ3n) is 9.17. The number of aromatic nitrogens is 1. The van der Waals surface area contributed by atoms with Gasteiger partial charge in [-0.3, -0.25) is 24.3 Å². The van der Waals surface area contributed by atoms with Crippen molar-refractivity contribution in [2.75, 3.05) is 19.6 Å². The summed E-state index contributed by atoms with van der Waals surface area (Å²) in [6.07, 6.45) is 1.84. The second kappa shape index (κ2) is 18.2. The molecule has 3 aromatic rings. The number of aliphatic hydroxyl groups excluding tert-OH is 1. The summed E-state index contributed by atoms with van der Waals surface area (Å²) in [6.45, 7) is 7.99. The third kappa shape index (κ3) is 10.3. The Morgan fingerprint density at radius 2 is 1.70 bits per heavy atom. The van der Waals surface area contributed by atoms with Crippen molar-refractivity contribution in [2.24, 2.45) is 17.0 Å². The number of nitrogens with zero attached hydrogens (tertiary/aromatic N) is 5. The van der Waals surface area contributed by atoms with E-state index in [4.69, 9.17) is 5.21 Å². The van der Waals surface area contributed by atoms with Crippen LogP contribution in [0.4, 0.5) is 4.79 Å². The summed E-state index contributed by atoms with van der Waals surface area (Å²) in [5, 5.41) is 26.5. The van der Waals surface area contributed by atoms with E-state index in [1.165, 1.54) is 58.9 Å². The van der Waals surface area contributed by atoms with Crippen LogP contribution in [-0.4, -0.2) is 105 Å². The van der Waals surface area contributed by atoms with E-state index < -0.39 is 52.0 Å². The zero-order valence-electron chi connectivity index (χ0n) is 30.6. The molecule has 0 aliphatic carbocycles. The molecule has 4 rings (SSSR count). The van der Waals surface area contributed by atoms with Crippen LogP contribution < -0.4 is 5.32 Å². The number of nitrogens with one attached hydrogen (secondary N) is 1. The van der Waals surface area contributed by atoms with E-state index >= 15 is 0 Å². The Labute approximate surface area is 310 Å². The third-order valence-corrected chi connectivity index (χ3v) is 11.0. The first-order chi connectivity index (χ1) is 25.2. The second-order valence-electron chi connectivity index (χ2n) is 13.7. The summed E-state index contributed by atoms with van der Waals surface area (Å²) in [5.74, 6) is -1.88. The number of oxime groups is 1. The van der Waals surface area contributed by atoms with Crippen molar-refractivity contribution in [2.45, 2.75) is 77.1 Å². The monoisotopic (exact) mass is 748 g/mol. The van der Waals surface area contributed by atoms with E-state index in [9.17, 15) is 32.7 Å². The molecule has 1 fully saturated rings. The number of pyridine rings is 1. The largest absolute Gasteiger partial charge is 0.411 e. The molecule has 0 unspecified atom stereocenters. The Morgan fingerprint density at radius 3 is 2.30 bits per heavy atom. The van der Waals surface area contributed by atoms with Crippen molar-refractivity contribution in [3.05, 3.63) is 95.3 Å². The number of aliphatic hydroxyl groups is 1. The number of imide groups is 1. The molecule has 284 valence electrons. The van der Waals surface area contributed by atoms with Gasteiger partial charge in [0, 0.05) is 26.2 Å². The highest BCUT2D eigenvalue weighted by Gasteiger charge is 2.45. The number of carbonyl (C=O) groups excluding carboxylic acids is 4. The molecule has 0 saturated carbocycles. The molecule has 2 heterocycles. The van der Waals surface area contributed by atoms with E-state index in [1.54, 1.807) is 13.0 Å². The van der Waals surface area contributed by atoms with Crippen LogP contribution in [-0.2, 0) is 32.6 Å². The maximum Gasteiger partial charge on any atom is 0.328 e. The number of amides is 4. The number of ketones is 1. The predicted octanol–water partition coefficient (Wildman–Crippen LogP) is 3.71. The van der Waals surface area contributed by atoms with E-state index in [2.05, 4.69) is 15.5 Å². The minimum atomic E-state index is -4.12. The molecule has 53 heavy (non-hydrogen) atoms. The number of benzene rings is 2. The van der Waals surface area contributed by atoms with Gasteiger partial charge in [-0.1, -0.05) is 81.7 Å². The lowest BCUT2D eigenvalue weighted by atomic mass is 9.95. The number of sulfonamides is 1. The highest BCUT2D eigenvalue weighted by molar-refractivity contribution is 7.89. The zero-order valence-corrected chi connectivity index (χ0v) is 31.4. The van der Waals surface area contributed by atoms with Crippen LogP contribution in [0.25, 0.3) is 0 Å². The van der Waals surface area contributed by atoms with Gasteiger partial charge in [0.2, 0.25) is 15.9 Å². The van der Waals surface area contributed by atoms with Gasteiger partial charge in [-0.25, -0.2) is 13.2 Å². The number of carbonyl (C=O) groups is 4. The number of rotatable bonds is 18. The summed E-state index contributed by atoms with van der Waals surface area (Å²) >= 11 is 0. The molecule has 1 aliphatic rings. The first kappa shape index (κ1) is 40.8. The number of hydrogen-bond acceptors (Lipinski definition) is 10. The van der Waals surface area contributed by atoms with Crippen LogP contribution in [0.2, 0.25) is 0 Å². The molecular weight excluding hydrogens is 701 g/mol. The average molecular weight is 749 g/mol. The van der Waals surface area contributed by atoms with Crippen molar-refractivity contribution in [3.8, 4) is 0 Å². The van der Waals surface area contributed by atoms with Gasteiger partial charge in [0.05, 0.1) is 29.8 Å². The van der Waals surface area contributed by atoms with Gasteiger partial charge in [0.25, 0.3) is 5.91 Å². The molecule has 4 amide bonds. The molecule has 2 aromatic carbocycles. The number of Topliss-reactive ketones (excluding diaryl/α,β-unsaturated/α-hetero) is 1. The van der Waals surface area contributed by atoms with E-state index in [0.29, 0.717) is 17.5 Å². The maximum atomic E-state index is 14.3. The van der Waals surface area contributed by atoms with Gasteiger partial charge < -0.3 is 20.5 Å². The predicted molar refractivity (Wildman–Crippen MR) is 198 cm³/mol. The van der Waals surface area contributed by atoms with Gasteiger partial charge in [-0.15, -0.1) is 0 Å². The van der Waals surface area contributed by atoms with Crippen molar-refractivity contribution in [3.63, 3.8) is 0 Å². The Balaban J connectivity index is 1.62. The average Bonchev–Trinajstić information content (AvgIpc) is 3.39. The van der Waals surface area contributed by atoms with Gasteiger partial charge in [0.1, 0.15) is 18.3 Å². The Morgan fingerprint density at radius 1 is 1.02 bits per heavy atom. The lowest BCUT2D eigenvalue weighted by molar-refractivity contribution is -0.129. The van der Waals surface area contributed by atoms with E-state index in [0.717, 1.165) is 10.5 Å². The molecule has 1 aromatic heterocycles. The number of hydrogen-bond donors (Lipinski definition) is 3. The van der Waals surface area contributed by atoms with Gasteiger partial charge in [-0.2, -0.15) is 4.31 Å². The smallest absolute Gasteiger partial charge is 0.328 e. The summed E-state index contributed by atoms with van der Waals surface area (Å²) < 4.78 is 29.0. The fourth-order valence-electron chi connectivity index (χ4n) is 6.19. The minimum absolute atomic E-state index is 0.0213. The van der Waals surface area contributed by atoms with Crippen LogP contribution in [0.5, 0.6) is 0 Å². The minimum Gasteiger partial charge on any atom is -0.411 e. The van der Waals surface area contributed by atoms with Crippen LogP contribution in [0.1, 0.15) is 68.2 Å². The standard InChI is InChI=1S/C38H48N6O8S/c1-6-26(4)36(44-24-35(47)43(38(44)49)22-30-16-17-39-32(19-30)27(5)45)37(48)41-33(18-28-10-8-7-9-11-28)34(46)23-42(21-25(2)3)53(51,52)31-14-12-29(13-15-31)20-40-50/h7-17,19-20,25-26,33-34,36,46,50H,6,18,21-24H2,1-5H3,(H,41,48)/t26-,33-,34+,36-/m0/s1. The summed E-state index contributed by atoms with van der Waals surface area (Å²) in [5.41, 5.74) is 1.99. The zero-order chi connectivity index (χ0) is 38.9. The molecule has 14 nitrogen and oxygen atoms in total. The lowest BCUT2D eigenvalue weighted by Crippen LogP contribution is -2.57. The molecule has 0 radical (unpaired) electrons. The second-order valence-corrected chi connectivity index (χ2v) is 15.7. The fourth-order valence-corrected chi connectivity index (χ4v) is 7.81. The molecule has 0 spiro atoms. The fraction of sp³-hybridized carbons (Fsp3) is 0.421. The highest BCUT2D eigenvalue weighted by atomic mass is 32.2. The summed E-state index contributed by atoms with van der Waals surface area (Å²) in [7, 11) is -4.12. The SMILES string of the molecule is CC[C@H](C)[C@@H](C(=O)N[C@@H](Cc1ccccc1)[C@H](O)CN(CC(C)C)S(=O)(=O)c1ccc(C=NO)cc1)N1CC(=O)N(Cc2ccnc(C(C)=O)c2)C1=O. The highest BCUT2D eigenvalue weighted by Crippen LogP contribution is 2.25. The van der Waals surface area contributed by atoms with E-state index in [-0.39, 0.29) is 54.9 Å². The molecule has 1 aliphatic heterocycles. The van der Waals surface area contributed by atoms with Crippen molar-refractivity contribution in [1.29, 1.82) is 0 Å². The Bertz CT molecular complexity index is 1890. The van der Waals surface area contributed by atoms with Crippen LogP contribution in [0, 0.1) is 11.8 Å². The molecule has 0 bridgehead atoms. The topological polar surface area (TPSA) is 190 Å². The molecule has 4 atom stereocenters. The quantitative estimate of drug-likeness (QED) is 0.0573. The first-order valence-electron chi connectivity index (χ1n) is 17.5. The van der Waals surface area contributed by atoms with Crippen LogP contribution in [0.3, 0.4) is 0 Å². The van der Waals surface area contributed by atoms with Crippen molar-refractivity contribution in [1.82, 2.24) is 24.4 Å². The molecular formula is C38H48N6O8S. The maximum absolute atomic E-state index is 14.3. The summed E-state index contributed by atoms with van der Waals surface area (Å²) in [4.78, 5) is 59.4. The lowest BCUT2D eigenvalue weighted by Gasteiger charge is -2.34. The van der Waals surface area contributed by atoms with Crippen molar-refractivity contribution < 1.29 is 37.9 Å². The number of urea groups is 1. The van der Waals surface area contributed by atoms with Gasteiger partial charge in [-0.05, 0) is 59.2 Å². The van der Waals surface area contributed by atoms with E-state index in [1.807, 2.05) is 51.1 Å². The van der Waals surface area contributed by atoms with Gasteiger partial charge >= 0.3 is 6.03 Å². The van der Waals surface area contributed by atoms with Crippen molar-refractivity contribution >= 4 is 39.9 Å². The molecule has 1 saturated heterocycles. The van der Waals surface area contributed by atoms with Gasteiger partial charge in [0.15, 0.2) is 5.78 Å². The molecule has 3 N–H and O–H groups in total. The Hall–Kier alpha value is -4.99.